The molecule has 1 atom stereocenters. The average molecular weight is 344 g/mol. The molecule has 1 rings (SSSR count). The number of nitrogens with two attached hydrogens (primary N) is 1. The summed E-state index contributed by atoms with van der Waals surface area (Å²) in [5.74, 6) is 0.590. The zero-order valence-corrected chi connectivity index (χ0v) is 14.2. The predicted octanol–water partition coefficient (Wildman–Crippen LogP) is 2.18. The molecule has 0 saturated heterocycles. The first kappa shape index (κ1) is 18.6. The molecular weight excluding hydrogens is 322 g/mol. The second kappa shape index (κ2) is 10.3. The molecule has 0 radical (unpaired) electrons. The number of carbonyl (C=O) groups excluding carboxylic acids is 2. The summed E-state index contributed by atoms with van der Waals surface area (Å²) in [5, 5.41) is 6.03. The number of halogens is 1. The van der Waals surface area contributed by atoms with Crippen LogP contribution in [0.5, 0.6) is 0 Å². The molecule has 0 spiro atoms. The molecule has 5 nitrogen and oxygen atoms in total. The Morgan fingerprint density at radius 1 is 1.32 bits per heavy atom. The molecule has 122 valence electrons. The van der Waals surface area contributed by atoms with E-state index in [2.05, 4.69) is 10.6 Å². The Bertz CT molecular complexity index is 482. The van der Waals surface area contributed by atoms with Gasteiger partial charge in [0.15, 0.2) is 0 Å². The molecule has 0 saturated carbocycles. The highest BCUT2D eigenvalue weighted by Gasteiger charge is 2.18. The summed E-state index contributed by atoms with van der Waals surface area (Å²) < 4.78 is 0. The molecule has 0 heterocycles. The number of carbonyl (C=O) groups is 2. The van der Waals surface area contributed by atoms with Crippen molar-refractivity contribution >= 4 is 35.3 Å². The summed E-state index contributed by atoms with van der Waals surface area (Å²) in [5.41, 5.74) is 6.27. The van der Waals surface area contributed by atoms with Crippen molar-refractivity contribution in [2.24, 2.45) is 5.73 Å². The summed E-state index contributed by atoms with van der Waals surface area (Å²) in [6, 6.07) is 6.40. The Morgan fingerprint density at radius 2 is 2.00 bits per heavy atom. The van der Waals surface area contributed by atoms with E-state index in [1.54, 1.807) is 11.8 Å². The van der Waals surface area contributed by atoms with E-state index < -0.39 is 12.1 Å². The number of urea groups is 1. The summed E-state index contributed by atoms with van der Waals surface area (Å²) in [4.78, 5) is 23.0. The normalized spacial score (nSPS) is 11.7. The Hall–Kier alpha value is -1.40. The number of benzene rings is 1. The van der Waals surface area contributed by atoms with Gasteiger partial charge in [0, 0.05) is 11.6 Å². The van der Waals surface area contributed by atoms with Gasteiger partial charge in [0.1, 0.15) is 6.04 Å². The van der Waals surface area contributed by atoms with Crippen LogP contribution in [0.2, 0.25) is 5.02 Å². The Kier molecular flexibility index (Phi) is 8.77. The van der Waals surface area contributed by atoms with E-state index in [9.17, 15) is 9.59 Å². The minimum Gasteiger partial charge on any atom is -0.354 e. The summed E-state index contributed by atoms with van der Waals surface area (Å²) in [7, 11) is 0. The van der Waals surface area contributed by atoms with Crippen molar-refractivity contribution in [3.8, 4) is 0 Å². The standard InChI is InChI=1S/C15H22ClN3O2S/c1-22-10-8-13(19-15(17)21)14(20)18-9-2-3-11-4-6-12(16)7-5-11/h4-7,13H,2-3,8-10H2,1H3,(H,18,20)(H3,17,19,21). The molecule has 1 aromatic carbocycles. The molecule has 0 aliphatic rings. The van der Waals surface area contributed by atoms with Gasteiger partial charge in [0.25, 0.3) is 0 Å². The highest BCUT2D eigenvalue weighted by molar-refractivity contribution is 7.98. The molecule has 1 unspecified atom stereocenters. The molecule has 0 fully saturated rings. The third-order valence-corrected chi connectivity index (χ3v) is 3.99. The van der Waals surface area contributed by atoms with Gasteiger partial charge in [-0.15, -0.1) is 0 Å². The number of aryl methyl sites for hydroxylation is 1. The third kappa shape index (κ3) is 7.56. The van der Waals surface area contributed by atoms with Gasteiger partial charge in [0.05, 0.1) is 0 Å². The summed E-state index contributed by atoms with van der Waals surface area (Å²) >= 11 is 7.45. The lowest BCUT2D eigenvalue weighted by Gasteiger charge is -2.16. The van der Waals surface area contributed by atoms with E-state index >= 15 is 0 Å². The number of primary amides is 1. The molecule has 22 heavy (non-hydrogen) atoms. The van der Waals surface area contributed by atoms with Gasteiger partial charge in [-0.2, -0.15) is 11.8 Å². The lowest BCUT2D eigenvalue weighted by Crippen LogP contribution is -2.49. The van der Waals surface area contributed by atoms with Crippen molar-refractivity contribution in [3.63, 3.8) is 0 Å². The van der Waals surface area contributed by atoms with Gasteiger partial charge in [-0.1, -0.05) is 23.7 Å². The second-order valence-electron chi connectivity index (χ2n) is 4.86. The molecule has 3 amide bonds. The van der Waals surface area contributed by atoms with E-state index in [1.807, 2.05) is 30.5 Å². The highest BCUT2D eigenvalue weighted by atomic mass is 35.5. The number of hydrogen-bond donors (Lipinski definition) is 3. The van der Waals surface area contributed by atoms with Crippen LogP contribution < -0.4 is 16.4 Å². The van der Waals surface area contributed by atoms with Crippen LogP contribution in [0.25, 0.3) is 0 Å². The first-order valence-electron chi connectivity index (χ1n) is 7.10. The zero-order chi connectivity index (χ0) is 16.4. The van der Waals surface area contributed by atoms with Gasteiger partial charge >= 0.3 is 6.03 Å². The lowest BCUT2D eigenvalue weighted by molar-refractivity contribution is -0.122. The molecule has 4 N–H and O–H groups in total. The number of hydrogen-bond acceptors (Lipinski definition) is 3. The van der Waals surface area contributed by atoms with Crippen molar-refractivity contribution in [1.82, 2.24) is 10.6 Å². The number of rotatable bonds is 9. The maximum Gasteiger partial charge on any atom is 0.312 e. The fourth-order valence-corrected chi connectivity index (χ4v) is 2.55. The fraction of sp³-hybridized carbons (Fsp3) is 0.467. The van der Waals surface area contributed by atoms with Crippen molar-refractivity contribution in [2.75, 3.05) is 18.6 Å². The Morgan fingerprint density at radius 3 is 2.59 bits per heavy atom. The SMILES string of the molecule is CSCCC(NC(N)=O)C(=O)NCCCc1ccc(Cl)cc1. The first-order chi connectivity index (χ1) is 10.5. The Balaban J connectivity index is 2.32. The van der Waals surface area contributed by atoms with Crippen LogP contribution in [0.1, 0.15) is 18.4 Å². The predicted molar refractivity (Wildman–Crippen MR) is 92.3 cm³/mol. The summed E-state index contributed by atoms with van der Waals surface area (Å²) in [6.07, 6.45) is 4.19. The zero-order valence-electron chi connectivity index (χ0n) is 12.6. The molecule has 0 aliphatic carbocycles. The average Bonchev–Trinajstić information content (AvgIpc) is 2.49. The van der Waals surface area contributed by atoms with Crippen LogP contribution in [0, 0.1) is 0 Å². The van der Waals surface area contributed by atoms with Crippen LogP contribution in [0.4, 0.5) is 4.79 Å². The molecular formula is C15H22ClN3O2S. The van der Waals surface area contributed by atoms with Crippen LogP contribution in [0.3, 0.4) is 0 Å². The van der Waals surface area contributed by atoms with E-state index in [-0.39, 0.29) is 5.91 Å². The summed E-state index contributed by atoms with van der Waals surface area (Å²) in [6.45, 7) is 0.553. The van der Waals surface area contributed by atoms with Gasteiger partial charge < -0.3 is 16.4 Å². The van der Waals surface area contributed by atoms with Crippen molar-refractivity contribution < 1.29 is 9.59 Å². The van der Waals surface area contributed by atoms with Crippen molar-refractivity contribution in [2.45, 2.75) is 25.3 Å². The molecule has 7 heteroatoms. The quantitative estimate of drug-likeness (QED) is 0.601. The molecule has 0 bridgehead atoms. The van der Waals surface area contributed by atoms with Crippen molar-refractivity contribution in [1.29, 1.82) is 0 Å². The lowest BCUT2D eigenvalue weighted by atomic mass is 10.1. The molecule has 0 aromatic heterocycles. The number of nitrogens with one attached hydrogen (secondary N) is 2. The smallest absolute Gasteiger partial charge is 0.312 e. The van der Waals surface area contributed by atoms with E-state index in [0.29, 0.717) is 18.0 Å². The third-order valence-electron chi connectivity index (χ3n) is 3.10. The Labute approximate surface area is 140 Å². The van der Waals surface area contributed by atoms with Gasteiger partial charge in [0.2, 0.25) is 5.91 Å². The second-order valence-corrected chi connectivity index (χ2v) is 6.29. The monoisotopic (exact) mass is 343 g/mol. The maximum atomic E-state index is 12.0. The van der Waals surface area contributed by atoms with Gasteiger partial charge in [-0.25, -0.2) is 4.79 Å². The maximum absolute atomic E-state index is 12.0. The number of thioether (sulfide) groups is 1. The fourth-order valence-electron chi connectivity index (χ4n) is 1.95. The van der Waals surface area contributed by atoms with Crippen LogP contribution >= 0.6 is 23.4 Å². The molecule has 1 aromatic rings. The number of amides is 3. The molecule has 0 aliphatic heterocycles. The van der Waals surface area contributed by atoms with Crippen molar-refractivity contribution in [3.05, 3.63) is 34.9 Å². The van der Waals surface area contributed by atoms with E-state index in [4.69, 9.17) is 17.3 Å². The van der Waals surface area contributed by atoms with Crippen LogP contribution in [-0.4, -0.2) is 36.5 Å². The topological polar surface area (TPSA) is 84.2 Å². The first-order valence-corrected chi connectivity index (χ1v) is 8.87. The highest BCUT2D eigenvalue weighted by Crippen LogP contribution is 2.10. The largest absolute Gasteiger partial charge is 0.354 e. The van der Waals surface area contributed by atoms with E-state index in [1.165, 1.54) is 5.56 Å². The van der Waals surface area contributed by atoms with Gasteiger partial charge in [-0.3, -0.25) is 4.79 Å². The van der Waals surface area contributed by atoms with Crippen LogP contribution in [-0.2, 0) is 11.2 Å². The van der Waals surface area contributed by atoms with Gasteiger partial charge in [-0.05, 0) is 49.0 Å². The minimum atomic E-state index is -0.678. The van der Waals surface area contributed by atoms with E-state index in [0.717, 1.165) is 18.6 Å². The van der Waals surface area contributed by atoms with Crippen LogP contribution in [0.15, 0.2) is 24.3 Å². The minimum absolute atomic E-state index is 0.191.